The number of nitrogens with zero attached hydrogens (tertiary/aromatic N) is 2. The van der Waals surface area contributed by atoms with Crippen molar-refractivity contribution in [2.24, 2.45) is 5.92 Å². The Hall–Kier alpha value is -0.870. The zero-order valence-corrected chi connectivity index (χ0v) is 12.6. The molecule has 2 heterocycles. The second-order valence-corrected chi connectivity index (χ2v) is 6.33. The highest BCUT2D eigenvalue weighted by molar-refractivity contribution is 5.06. The van der Waals surface area contributed by atoms with E-state index in [1.54, 1.807) is 0 Å². The fourth-order valence-electron chi connectivity index (χ4n) is 3.86. The number of nitrogens with one attached hydrogen (secondary N) is 1. The molecule has 1 saturated heterocycles. The van der Waals surface area contributed by atoms with E-state index in [1.807, 2.05) is 0 Å². The lowest BCUT2D eigenvalue weighted by Gasteiger charge is -2.37. The molecule has 4 heteroatoms. The van der Waals surface area contributed by atoms with Crippen LogP contribution in [0.4, 0.5) is 0 Å². The molecule has 4 nitrogen and oxygen atoms in total. The quantitative estimate of drug-likeness (QED) is 0.812. The molecule has 2 unspecified atom stereocenters. The second-order valence-electron chi connectivity index (χ2n) is 6.33. The van der Waals surface area contributed by atoms with Crippen molar-refractivity contribution in [3.05, 3.63) is 17.5 Å². The van der Waals surface area contributed by atoms with Gasteiger partial charge in [-0.05, 0) is 51.1 Å². The van der Waals surface area contributed by atoms with Crippen LogP contribution in [-0.4, -0.2) is 29.2 Å². The van der Waals surface area contributed by atoms with Crippen molar-refractivity contribution in [1.82, 2.24) is 15.4 Å². The Morgan fingerprint density at radius 1 is 1.35 bits per heavy atom. The van der Waals surface area contributed by atoms with E-state index in [1.165, 1.54) is 38.6 Å². The van der Waals surface area contributed by atoms with Gasteiger partial charge in [0.15, 0.2) is 5.76 Å². The van der Waals surface area contributed by atoms with Crippen molar-refractivity contribution in [3.8, 4) is 0 Å². The van der Waals surface area contributed by atoms with Crippen LogP contribution in [0.15, 0.2) is 10.6 Å². The molecule has 1 aromatic heterocycles. The summed E-state index contributed by atoms with van der Waals surface area (Å²) in [7, 11) is 0. The zero-order valence-electron chi connectivity index (χ0n) is 12.6. The summed E-state index contributed by atoms with van der Waals surface area (Å²) in [6, 6.07) is 2.93. The summed E-state index contributed by atoms with van der Waals surface area (Å²) < 4.78 is 5.51. The molecule has 1 N–H and O–H groups in total. The third-order valence-corrected chi connectivity index (χ3v) is 4.81. The van der Waals surface area contributed by atoms with E-state index in [2.05, 4.69) is 28.4 Å². The minimum Gasteiger partial charge on any atom is -0.360 e. The standard InChI is InChI=1S/C16H27N3O/c1-2-8-17-11-14-10-15(20-18-14)12-19-9-4-6-13-5-3-7-16(13)19/h10,13,16-17H,2-9,11-12H2,1H3. The van der Waals surface area contributed by atoms with Crippen LogP contribution in [0, 0.1) is 5.92 Å². The van der Waals surface area contributed by atoms with Crippen LogP contribution >= 0.6 is 0 Å². The predicted molar refractivity (Wildman–Crippen MR) is 79.3 cm³/mol. The molecule has 1 aromatic rings. The Labute approximate surface area is 121 Å². The van der Waals surface area contributed by atoms with Crippen molar-refractivity contribution in [2.75, 3.05) is 13.1 Å². The van der Waals surface area contributed by atoms with Gasteiger partial charge in [0, 0.05) is 18.7 Å². The average Bonchev–Trinajstić information content (AvgIpc) is 3.09. The van der Waals surface area contributed by atoms with Crippen molar-refractivity contribution in [2.45, 2.75) is 64.6 Å². The summed E-state index contributed by atoms with van der Waals surface area (Å²) in [5.41, 5.74) is 1.04. The van der Waals surface area contributed by atoms with E-state index in [4.69, 9.17) is 4.52 Å². The highest BCUT2D eigenvalue weighted by atomic mass is 16.5. The van der Waals surface area contributed by atoms with Crippen LogP contribution < -0.4 is 5.32 Å². The molecule has 3 rings (SSSR count). The first-order valence-corrected chi connectivity index (χ1v) is 8.26. The Bertz CT molecular complexity index is 418. The molecule has 1 aliphatic heterocycles. The first-order valence-electron chi connectivity index (χ1n) is 8.26. The first-order chi connectivity index (χ1) is 9.86. The fourth-order valence-corrected chi connectivity index (χ4v) is 3.86. The van der Waals surface area contributed by atoms with Gasteiger partial charge in [0.25, 0.3) is 0 Å². The molecule has 0 bridgehead atoms. The van der Waals surface area contributed by atoms with Crippen LogP contribution in [0.5, 0.6) is 0 Å². The maximum Gasteiger partial charge on any atom is 0.151 e. The molecule has 1 saturated carbocycles. The number of rotatable bonds is 6. The number of aromatic nitrogens is 1. The van der Waals surface area contributed by atoms with Gasteiger partial charge in [0.2, 0.25) is 0 Å². The number of hydrogen-bond acceptors (Lipinski definition) is 4. The van der Waals surface area contributed by atoms with Crippen molar-refractivity contribution >= 4 is 0 Å². The molecule has 0 aromatic carbocycles. The maximum atomic E-state index is 5.51. The summed E-state index contributed by atoms with van der Waals surface area (Å²) in [5, 5.41) is 7.54. The van der Waals surface area contributed by atoms with E-state index in [9.17, 15) is 0 Å². The molecule has 0 spiro atoms. The molecule has 2 aliphatic rings. The lowest BCUT2D eigenvalue weighted by atomic mass is 9.92. The molecular weight excluding hydrogens is 250 g/mol. The van der Waals surface area contributed by atoms with Crippen LogP contribution in [0.3, 0.4) is 0 Å². The van der Waals surface area contributed by atoms with Gasteiger partial charge in [0.1, 0.15) is 0 Å². The largest absolute Gasteiger partial charge is 0.360 e. The monoisotopic (exact) mass is 277 g/mol. The van der Waals surface area contributed by atoms with E-state index in [-0.39, 0.29) is 0 Å². The van der Waals surface area contributed by atoms with Gasteiger partial charge < -0.3 is 9.84 Å². The third kappa shape index (κ3) is 3.23. The van der Waals surface area contributed by atoms with Gasteiger partial charge in [-0.1, -0.05) is 18.5 Å². The fraction of sp³-hybridized carbons (Fsp3) is 0.812. The van der Waals surface area contributed by atoms with Gasteiger partial charge in [-0.25, -0.2) is 0 Å². The summed E-state index contributed by atoms with van der Waals surface area (Å²) in [6.07, 6.45) is 8.16. The number of piperidine rings is 1. The van der Waals surface area contributed by atoms with Crippen molar-refractivity contribution < 1.29 is 4.52 Å². The van der Waals surface area contributed by atoms with Gasteiger partial charge in [0.05, 0.1) is 12.2 Å². The Morgan fingerprint density at radius 2 is 2.25 bits per heavy atom. The van der Waals surface area contributed by atoms with E-state index in [0.717, 1.165) is 49.5 Å². The Morgan fingerprint density at radius 3 is 3.15 bits per heavy atom. The highest BCUT2D eigenvalue weighted by Crippen LogP contribution is 2.37. The number of likely N-dealkylation sites (tertiary alicyclic amines) is 1. The van der Waals surface area contributed by atoms with Crippen molar-refractivity contribution in [1.29, 1.82) is 0 Å². The van der Waals surface area contributed by atoms with Gasteiger partial charge in [-0.3, -0.25) is 4.90 Å². The molecule has 0 radical (unpaired) electrons. The molecule has 2 atom stereocenters. The smallest absolute Gasteiger partial charge is 0.151 e. The molecule has 0 amide bonds. The van der Waals surface area contributed by atoms with Crippen LogP contribution in [0.1, 0.15) is 56.9 Å². The van der Waals surface area contributed by atoms with Crippen LogP contribution in [0.25, 0.3) is 0 Å². The van der Waals surface area contributed by atoms with Crippen LogP contribution in [-0.2, 0) is 13.1 Å². The predicted octanol–water partition coefficient (Wildman–Crippen LogP) is 2.94. The average molecular weight is 277 g/mol. The molecule has 1 aliphatic carbocycles. The van der Waals surface area contributed by atoms with E-state index in [0.29, 0.717) is 0 Å². The molecule has 112 valence electrons. The highest BCUT2D eigenvalue weighted by Gasteiger charge is 2.35. The van der Waals surface area contributed by atoms with Crippen LogP contribution in [0.2, 0.25) is 0 Å². The van der Waals surface area contributed by atoms with Gasteiger partial charge >= 0.3 is 0 Å². The second kappa shape index (κ2) is 6.72. The topological polar surface area (TPSA) is 41.3 Å². The minimum atomic E-state index is 0.801. The first kappa shape index (κ1) is 14.1. The molecule has 2 fully saturated rings. The van der Waals surface area contributed by atoms with E-state index < -0.39 is 0 Å². The summed E-state index contributed by atoms with van der Waals surface area (Å²) in [6.45, 7) is 6.21. The molecular formula is C16H27N3O. The van der Waals surface area contributed by atoms with E-state index >= 15 is 0 Å². The van der Waals surface area contributed by atoms with Gasteiger partial charge in [-0.15, -0.1) is 0 Å². The number of hydrogen-bond donors (Lipinski definition) is 1. The Kier molecular flexibility index (Phi) is 4.73. The lowest BCUT2D eigenvalue weighted by Crippen LogP contribution is -2.41. The SMILES string of the molecule is CCCNCc1cc(CN2CCCC3CCCC32)on1. The molecule has 20 heavy (non-hydrogen) atoms. The summed E-state index contributed by atoms with van der Waals surface area (Å²) in [5.74, 6) is 1.98. The van der Waals surface area contributed by atoms with Crippen molar-refractivity contribution in [3.63, 3.8) is 0 Å². The summed E-state index contributed by atoms with van der Waals surface area (Å²) in [4.78, 5) is 2.63. The zero-order chi connectivity index (χ0) is 13.8. The van der Waals surface area contributed by atoms with Gasteiger partial charge in [-0.2, -0.15) is 0 Å². The minimum absolute atomic E-state index is 0.801. The Balaban J connectivity index is 1.54. The normalized spacial score (nSPS) is 26.9. The maximum absolute atomic E-state index is 5.51. The number of fused-ring (bicyclic) bond motifs is 1. The third-order valence-electron chi connectivity index (χ3n) is 4.81. The summed E-state index contributed by atoms with van der Waals surface area (Å²) >= 11 is 0. The lowest BCUT2D eigenvalue weighted by molar-refractivity contribution is 0.0952.